The first-order valence-corrected chi connectivity index (χ1v) is 7.05. The molecule has 0 spiro atoms. The Labute approximate surface area is 125 Å². The van der Waals surface area contributed by atoms with E-state index in [1.54, 1.807) is 6.07 Å². The van der Waals surface area contributed by atoms with E-state index in [0.717, 1.165) is 19.3 Å². The van der Waals surface area contributed by atoms with Gasteiger partial charge in [0.25, 0.3) is 6.43 Å². The van der Waals surface area contributed by atoms with Gasteiger partial charge in [0.1, 0.15) is 5.56 Å². The lowest BCUT2D eigenvalue weighted by Crippen LogP contribution is -2.12. The molecular formula is C16H15F2NO3. The zero-order valence-corrected chi connectivity index (χ0v) is 12.0. The third-order valence-electron chi connectivity index (χ3n) is 4.19. The average molecular weight is 307 g/mol. The number of hydrogen-bond acceptors (Lipinski definition) is 3. The van der Waals surface area contributed by atoms with Gasteiger partial charge in [-0.3, -0.25) is 0 Å². The fourth-order valence-electron chi connectivity index (χ4n) is 2.81. The molecule has 1 aliphatic carbocycles. The van der Waals surface area contributed by atoms with Crippen LogP contribution in [0.1, 0.15) is 53.1 Å². The fourth-order valence-corrected chi connectivity index (χ4v) is 2.81. The summed E-state index contributed by atoms with van der Waals surface area (Å²) in [4.78, 5) is 15.4. The van der Waals surface area contributed by atoms with Crippen LogP contribution in [-0.4, -0.2) is 23.2 Å². The molecule has 1 aliphatic rings. The molecule has 0 amide bonds. The van der Waals surface area contributed by atoms with Crippen LogP contribution in [0.3, 0.4) is 0 Å². The van der Waals surface area contributed by atoms with E-state index in [1.165, 1.54) is 19.2 Å². The summed E-state index contributed by atoms with van der Waals surface area (Å²) in [6.45, 7) is 0. The first-order valence-electron chi connectivity index (χ1n) is 7.05. The van der Waals surface area contributed by atoms with Gasteiger partial charge < -0.3 is 9.84 Å². The Morgan fingerprint density at radius 1 is 1.36 bits per heavy atom. The molecule has 22 heavy (non-hydrogen) atoms. The third kappa shape index (κ3) is 2.38. The van der Waals surface area contributed by atoms with Crippen molar-refractivity contribution in [1.82, 2.24) is 4.98 Å². The lowest BCUT2D eigenvalue weighted by molar-refractivity contribution is 0.0692. The lowest BCUT2D eigenvalue weighted by Gasteiger charge is -2.28. The van der Waals surface area contributed by atoms with Crippen molar-refractivity contribution in [3.8, 4) is 5.88 Å². The van der Waals surface area contributed by atoms with Crippen molar-refractivity contribution in [3.63, 3.8) is 0 Å². The number of benzene rings is 1. The minimum Gasteiger partial charge on any atom is -0.480 e. The van der Waals surface area contributed by atoms with Crippen molar-refractivity contribution in [2.45, 2.75) is 31.6 Å². The molecule has 6 heteroatoms. The summed E-state index contributed by atoms with van der Waals surface area (Å²) >= 11 is 0. The topological polar surface area (TPSA) is 59.4 Å². The Bertz CT molecular complexity index is 742. The van der Waals surface area contributed by atoms with Crippen LogP contribution in [0.2, 0.25) is 0 Å². The number of carboxylic acids is 1. The van der Waals surface area contributed by atoms with E-state index in [2.05, 4.69) is 4.98 Å². The number of alkyl halides is 2. The molecule has 1 aromatic heterocycles. The molecule has 2 aromatic rings. The van der Waals surface area contributed by atoms with Crippen LogP contribution in [0.4, 0.5) is 8.78 Å². The van der Waals surface area contributed by atoms with Crippen molar-refractivity contribution in [1.29, 1.82) is 0 Å². The minimum absolute atomic E-state index is 0.00986. The van der Waals surface area contributed by atoms with Gasteiger partial charge in [-0.2, -0.15) is 0 Å². The van der Waals surface area contributed by atoms with Crippen LogP contribution in [0, 0.1) is 0 Å². The number of aromatic nitrogens is 1. The molecule has 0 saturated heterocycles. The molecule has 4 nitrogen and oxygen atoms in total. The maximum atomic E-state index is 13.3. The van der Waals surface area contributed by atoms with Gasteiger partial charge >= 0.3 is 5.97 Å². The number of nitrogens with zero attached hydrogens (tertiary/aromatic N) is 1. The van der Waals surface area contributed by atoms with Gasteiger partial charge in [-0.1, -0.05) is 6.42 Å². The van der Waals surface area contributed by atoms with E-state index < -0.39 is 12.4 Å². The maximum absolute atomic E-state index is 13.3. The highest BCUT2D eigenvalue weighted by Gasteiger charge is 2.26. The molecule has 0 radical (unpaired) electrons. The number of rotatable bonds is 4. The summed E-state index contributed by atoms with van der Waals surface area (Å²) in [6.07, 6.45) is 0.251. The number of hydrogen-bond donors (Lipinski definition) is 1. The van der Waals surface area contributed by atoms with Crippen molar-refractivity contribution in [2.75, 3.05) is 7.11 Å². The van der Waals surface area contributed by atoms with Crippen LogP contribution in [0.5, 0.6) is 5.88 Å². The molecule has 116 valence electrons. The Morgan fingerprint density at radius 3 is 2.59 bits per heavy atom. The van der Waals surface area contributed by atoms with Crippen LogP contribution in [0.15, 0.2) is 18.2 Å². The van der Waals surface area contributed by atoms with Crippen LogP contribution < -0.4 is 4.74 Å². The molecule has 1 heterocycles. The summed E-state index contributed by atoms with van der Waals surface area (Å²) in [6, 6.07) is 4.33. The maximum Gasteiger partial charge on any atom is 0.341 e. The summed E-state index contributed by atoms with van der Waals surface area (Å²) < 4.78 is 31.6. The second-order valence-electron chi connectivity index (χ2n) is 5.45. The molecular weight excluding hydrogens is 292 g/mol. The van der Waals surface area contributed by atoms with Gasteiger partial charge in [-0.25, -0.2) is 18.6 Å². The SMILES string of the molecule is COc1nc2cc(C3CCC3)c(C(F)F)cc2cc1C(=O)O. The zero-order chi connectivity index (χ0) is 15.9. The van der Waals surface area contributed by atoms with Gasteiger partial charge in [-0.15, -0.1) is 0 Å². The number of carboxylic acid groups (broad SMARTS) is 1. The monoisotopic (exact) mass is 307 g/mol. The highest BCUT2D eigenvalue weighted by molar-refractivity contribution is 5.95. The first kappa shape index (κ1) is 14.7. The highest BCUT2D eigenvalue weighted by atomic mass is 19.3. The minimum atomic E-state index is -2.59. The van der Waals surface area contributed by atoms with Crippen LogP contribution >= 0.6 is 0 Å². The first-order chi connectivity index (χ1) is 10.5. The smallest absolute Gasteiger partial charge is 0.341 e. The summed E-state index contributed by atoms with van der Waals surface area (Å²) in [7, 11) is 1.33. The van der Waals surface area contributed by atoms with Crippen molar-refractivity contribution in [2.24, 2.45) is 0 Å². The Balaban J connectivity index is 2.23. The second-order valence-corrected chi connectivity index (χ2v) is 5.45. The number of methoxy groups -OCH3 is 1. The highest BCUT2D eigenvalue weighted by Crippen LogP contribution is 2.42. The summed E-state index contributed by atoms with van der Waals surface area (Å²) in [5.41, 5.74) is 0.937. The lowest BCUT2D eigenvalue weighted by atomic mass is 9.78. The van der Waals surface area contributed by atoms with Crippen molar-refractivity contribution < 1.29 is 23.4 Å². The van der Waals surface area contributed by atoms with Crippen molar-refractivity contribution >= 4 is 16.9 Å². The van der Waals surface area contributed by atoms with Gasteiger partial charge in [0.05, 0.1) is 12.6 Å². The normalized spacial score (nSPS) is 15.1. The van der Waals surface area contributed by atoms with Crippen molar-refractivity contribution in [3.05, 3.63) is 34.9 Å². The number of ether oxygens (including phenoxy) is 1. The molecule has 1 fully saturated rings. The standard InChI is InChI=1S/C16H15F2NO3/c1-22-15-12(16(20)21)6-9-5-11(14(17)18)10(7-13(9)19-15)8-3-2-4-8/h5-8,14H,2-4H2,1H3,(H,20,21). The van der Waals surface area contributed by atoms with E-state index >= 15 is 0 Å². The van der Waals surface area contributed by atoms with E-state index in [0.29, 0.717) is 16.5 Å². The van der Waals surface area contributed by atoms with Gasteiger partial charge in [0.2, 0.25) is 5.88 Å². The number of carbonyl (C=O) groups is 1. The zero-order valence-electron chi connectivity index (χ0n) is 12.0. The van der Waals surface area contributed by atoms with E-state index in [4.69, 9.17) is 9.84 Å². The fraction of sp³-hybridized carbons (Fsp3) is 0.375. The molecule has 0 atom stereocenters. The summed E-state index contributed by atoms with van der Waals surface area (Å²) in [5, 5.41) is 9.54. The molecule has 3 rings (SSSR count). The number of fused-ring (bicyclic) bond motifs is 1. The van der Waals surface area contributed by atoms with Crippen LogP contribution in [-0.2, 0) is 0 Å². The molecule has 1 aromatic carbocycles. The van der Waals surface area contributed by atoms with Gasteiger partial charge in [0, 0.05) is 10.9 Å². The molecule has 1 N–H and O–H groups in total. The molecule has 0 bridgehead atoms. The third-order valence-corrected chi connectivity index (χ3v) is 4.19. The quantitative estimate of drug-likeness (QED) is 0.922. The van der Waals surface area contributed by atoms with Gasteiger partial charge in [-0.05, 0) is 42.5 Å². The van der Waals surface area contributed by atoms with E-state index in [9.17, 15) is 13.6 Å². The number of pyridine rings is 1. The largest absolute Gasteiger partial charge is 0.480 e. The molecule has 0 aliphatic heterocycles. The van der Waals surface area contributed by atoms with E-state index in [-0.39, 0.29) is 22.9 Å². The van der Waals surface area contributed by atoms with Gasteiger partial charge in [0.15, 0.2) is 0 Å². The Hall–Kier alpha value is -2.24. The Morgan fingerprint density at radius 2 is 2.09 bits per heavy atom. The Kier molecular flexibility index (Phi) is 3.68. The number of aromatic carboxylic acids is 1. The second kappa shape index (κ2) is 5.51. The van der Waals surface area contributed by atoms with Crippen LogP contribution in [0.25, 0.3) is 10.9 Å². The molecule has 1 saturated carbocycles. The molecule has 0 unspecified atom stereocenters. The number of halogens is 2. The van der Waals surface area contributed by atoms with E-state index in [1.807, 2.05) is 0 Å². The summed E-state index contributed by atoms with van der Waals surface area (Å²) in [5.74, 6) is -1.07. The average Bonchev–Trinajstić information content (AvgIpc) is 2.42. The predicted molar refractivity (Wildman–Crippen MR) is 76.8 cm³/mol. The predicted octanol–water partition coefficient (Wildman–Crippen LogP) is 4.15.